The predicted octanol–water partition coefficient (Wildman–Crippen LogP) is 0.382. The molecule has 6 heteroatoms. The SMILES string of the molecule is O=C([O-])CCCC(=O)Nc1ccccc1N1CCOCC1. The van der Waals surface area contributed by atoms with Crippen LogP contribution in [0.5, 0.6) is 0 Å². The lowest BCUT2D eigenvalue weighted by molar-refractivity contribution is -0.305. The van der Waals surface area contributed by atoms with Gasteiger partial charge in [-0.3, -0.25) is 4.79 Å². The van der Waals surface area contributed by atoms with Crippen molar-refractivity contribution in [1.82, 2.24) is 0 Å². The Hall–Kier alpha value is -2.08. The molecule has 0 saturated carbocycles. The summed E-state index contributed by atoms with van der Waals surface area (Å²) in [5.74, 6) is -1.31. The van der Waals surface area contributed by atoms with Crippen LogP contribution in [-0.2, 0) is 14.3 Å². The summed E-state index contributed by atoms with van der Waals surface area (Å²) >= 11 is 0. The zero-order chi connectivity index (χ0) is 15.1. The van der Waals surface area contributed by atoms with Crippen LogP contribution in [0.25, 0.3) is 0 Å². The maximum atomic E-state index is 11.9. The lowest BCUT2D eigenvalue weighted by Crippen LogP contribution is -2.36. The van der Waals surface area contributed by atoms with Gasteiger partial charge in [-0.2, -0.15) is 0 Å². The summed E-state index contributed by atoms with van der Waals surface area (Å²) in [6.07, 6.45) is 0.359. The molecule has 0 unspecified atom stereocenters. The van der Waals surface area contributed by atoms with Gasteiger partial charge in [0.05, 0.1) is 24.6 Å². The number of morpholine rings is 1. The molecule has 0 aliphatic carbocycles. The molecular weight excluding hydrogens is 272 g/mol. The largest absolute Gasteiger partial charge is 0.550 e. The van der Waals surface area contributed by atoms with E-state index in [-0.39, 0.29) is 25.2 Å². The molecule has 0 bridgehead atoms. The Bertz CT molecular complexity index is 498. The molecule has 1 aliphatic heterocycles. The average Bonchev–Trinajstić information content (AvgIpc) is 2.48. The number of ether oxygens (including phenoxy) is 1. The van der Waals surface area contributed by atoms with Crippen molar-refractivity contribution in [2.75, 3.05) is 36.5 Å². The number of para-hydroxylation sites is 2. The molecule has 1 saturated heterocycles. The van der Waals surface area contributed by atoms with Crippen LogP contribution in [0.2, 0.25) is 0 Å². The number of amides is 1. The minimum Gasteiger partial charge on any atom is -0.550 e. The first-order chi connectivity index (χ1) is 10.2. The summed E-state index contributed by atoms with van der Waals surface area (Å²) in [6, 6.07) is 7.60. The number of carboxylic acid groups (broad SMARTS) is 1. The third-order valence-electron chi connectivity index (χ3n) is 3.31. The Balaban J connectivity index is 1.96. The maximum absolute atomic E-state index is 11.9. The molecule has 21 heavy (non-hydrogen) atoms. The van der Waals surface area contributed by atoms with E-state index in [1.54, 1.807) is 0 Å². The van der Waals surface area contributed by atoms with Crippen molar-refractivity contribution in [1.29, 1.82) is 0 Å². The number of nitrogens with one attached hydrogen (secondary N) is 1. The number of aliphatic carboxylic acids is 1. The second kappa shape index (κ2) is 7.64. The summed E-state index contributed by atoms with van der Waals surface area (Å²) in [5.41, 5.74) is 1.71. The van der Waals surface area contributed by atoms with Gasteiger partial charge in [0.2, 0.25) is 5.91 Å². The fourth-order valence-electron chi connectivity index (χ4n) is 2.27. The van der Waals surface area contributed by atoms with Crippen LogP contribution in [0.3, 0.4) is 0 Å². The molecule has 1 amide bonds. The molecule has 1 heterocycles. The Kier molecular flexibility index (Phi) is 5.57. The quantitative estimate of drug-likeness (QED) is 0.819. The van der Waals surface area contributed by atoms with Crippen molar-refractivity contribution in [2.45, 2.75) is 19.3 Å². The fourth-order valence-corrected chi connectivity index (χ4v) is 2.27. The number of benzene rings is 1. The molecule has 1 aliphatic rings. The van der Waals surface area contributed by atoms with Crippen molar-refractivity contribution in [3.63, 3.8) is 0 Å². The molecule has 1 aromatic rings. The summed E-state index contributed by atoms with van der Waals surface area (Å²) in [7, 11) is 0. The topological polar surface area (TPSA) is 81.7 Å². The highest BCUT2D eigenvalue weighted by Gasteiger charge is 2.15. The second-order valence-corrected chi connectivity index (χ2v) is 4.89. The molecule has 1 N–H and O–H groups in total. The number of carboxylic acids is 1. The minimum atomic E-state index is -1.13. The number of hydrogen-bond donors (Lipinski definition) is 1. The second-order valence-electron chi connectivity index (χ2n) is 4.89. The highest BCUT2D eigenvalue weighted by atomic mass is 16.5. The van der Waals surface area contributed by atoms with Gasteiger partial charge in [0.25, 0.3) is 0 Å². The zero-order valence-electron chi connectivity index (χ0n) is 11.8. The maximum Gasteiger partial charge on any atom is 0.224 e. The summed E-state index contributed by atoms with van der Waals surface area (Å²) in [5, 5.41) is 13.2. The van der Waals surface area contributed by atoms with E-state index in [2.05, 4.69) is 10.2 Å². The van der Waals surface area contributed by atoms with Crippen LogP contribution in [0.15, 0.2) is 24.3 Å². The molecule has 0 atom stereocenters. The first-order valence-corrected chi connectivity index (χ1v) is 7.08. The minimum absolute atomic E-state index is 0.0987. The van der Waals surface area contributed by atoms with E-state index in [9.17, 15) is 14.7 Å². The van der Waals surface area contributed by atoms with E-state index >= 15 is 0 Å². The van der Waals surface area contributed by atoms with E-state index < -0.39 is 5.97 Å². The highest BCUT2D eigenvalue weighted by Crippen LogP contribution is 2.26. The standard InChI is InChI=1S/C15H20N2O4/c18-14(6-3-7-15(19)20)16-12-4-1-2-5-13(12)17-8-10-21-11-9-17/h1-2,4-5H,3,6-11H2,(H,16,18)(H,19,20)/p-1. The Morgan fingerprint density at radius 1 is 1.19 bits per heavy atom. The monoisotopic (exact) mass is 291 g/mol. The normalized spacial score (nSPS) is 14.8. The van der Waals surface area contributed by atoms with Crippen LogP contribution in [0.1, 0.15) is 19.3 Å². The van der Waals surface area contributed by atoms with E-state index in [0.29, 0.717) is 13.2 Å². The van der Waals surface area contributed by atoms with Gasteiger partial charge in [-0.15, -0.1) is 0 Å². The molecule has 0 radical (unpaired) electrons. The van der Waals surface area contributed by atoms with Gasteiger partial charge in [-0.1, -0.05) is 12.1 Å². The van der Waals surface area contributed by atoms with Crippen LogP contribution in [0.4, 0.5) is 11.4 Å². The van der Waals surface area contributed by atoms with Gasteiger partial charge < -0.3 is 24.9 Å². The number of hydrogen-bond acceptors (Lipinski definition) is 5. The summed E-state index contributed by atoms with van der Waals surface area (Å²) in [6.45, 7) is 2.93. The van der Waals surface area contributed by atoms with Crippen molar-refractivity contribution in [3.8, 4) is 0 Å². The number of carbonyl (C=O) groups is 2. The van der Waals surface area contributed by atoms with Gasteiger partial charge in [-0.05, 0) is 25.0 Å². The third kappa shape index (κ3) is 4.75. The van der Waals surface area contributed by atoms with Crippen molar-refractivity contribution in [2.24, 2.45) is 0 Å². The molecule has 2 rings (SSSR count). The molecule has 114 valence electrons. The molecule has 1 aromatic carbocycles. The smallest absolute Gasteiger partial charge is 0.224 e. The summed E-state index contributed by atoms with van der Waals surface area (Å²) < 4.78 is 5.33. The molecule has 0 aromatic heterocycles. The van der Waals surface area contributed by atoms with Gasteiger partial charge in [0.1, 0.15) is 0 Å². The Morgan fingerprint density at radius 2 is 1.90 bits per heavy atom. The van der Waals surface area contributed by atoms with Crippen molar-refractivity contribution >= 4 is 23.3 Å². The third-order valence-corrected chi connectivity index (χ3v) is 3.31. The Labute approximate surface area is 123 Å². The van der Waals surface area contributed by atoms with Crippen LogP contribution >= 0.6 is 0 Å². The fraction of sp³-hybridized carbons (Fsp3) is 0.467. The van der Waals surface area contributed by atoms with Crippen LogP contribution < -0.4 is 15.3 Å². The average molecular weight is 291 g/mol. The van der Waals surface area contributed by atoms with Gasteiger partial charge in [-0.25, -0.2) is 0 Å². The molecule has 6 nitrogen and oxygen atoms in total. The van der Waals surface area contributed by atoms with Crippen LogP contribution in [0, 0.1) is 0 Å². The van der Waals surface area contributed by atoms with Crippen molar-refractivity contribution in [3.05, 3.63) is 24.3 Å². The highest BCUT2D eigenvalue weighted by molar-refractivity contribution is 5.94. The van der Waals surface area contributed by atoms with Crippen LogP contribution in [-0.4, -0.2) is 38.2 Å². The van der Waals surface area contributed by atoms with Gasteiger partial charge in [0.15, 0.2) is 0 Å². The first kappa shape index (κ1) is 15.3. The predicted molar refractivity (Wildman–Crippen MR) is 77.0 cm³/mol. The van der Waals surface area contributed by atoms with E-state index in [4.69, 9.17) is 4.74 Å². The number of anilines is 2. The molecule has 1 fully saturated rings. The molecule has 0 spiro atoms. The lowest BCUT2D eigenvalue weighted by Gasteiger charge is -2.30. The number of carbonyl (C=O) groups excluding carboxylic acids is 2. The van der Waals surface area contributed by atoms with Gasteiger partial charge in [0, 0.05) is 25.5 Å². The summed E-state index contributed by atoms with van der Waals surface area (Å²) in [4.78, 5) is 24.4. The lowest BCUT2D eigenvalue weighted by atomic mass is 10.2. The number of rotatable bonds is 6. The Morgan fingerprint density at radius 3 is 2.62 bits per heavy atom. The van der Waals surface area contributed by atoms with E-state index in [0.717, 1.165) is 24.5 Å². The molecular formula is C15H19N2O4-. The first-order valence-electron chi connectivity index (χ1n) is 7.08. The van der Waals surface area contributed by atoms with Crippen molar-refractivity contribution < 1.29 is 19.4 Å². The van der Waals surface area contributed by atoms with E-state index in [1.807, 2.05) is 24.3 Å². The number of nitrogens with zero attached hydrogens (tertiary/aromatic N) is 1. The van der Waals surface area contributed by atoms with E-state index in [1.165, 1.54) is 0 Å². The van der Waals surface area contributed by atoms with Gasteiger partial charge >= 0.3 is 0 Å². The zero-order valence-corrected chi connectivity index (χ0v) is 11.8.